The zero-order chi connectivity index (χ0) is 17.8. The molecule has 0 heterocycles. The molecule has 2 rings (SSSR count). The summed E-state index contributed by atoms with van der Waals surface area (Å²) in [5.41, 5.74) is 0. The van der Waals surface area contributed by atoms with E-state index in [0.717, 1.165) is 51.4 Å². The molecule has 0 bridgehead atoms. The molecule has 0 amide bonds. The average molecular weight is 422 g/mol. The minimum atomic E-state index is -4.67. The van der Waals surface area contributed by atoms with E-state index in [-0.39, 0.29) is 12.2 Å². The second-order valence-corrected chi connectivity index (χ2v) is 7.90. The molecule has 148 valence electrons. The Morgan fingerprint density at radius 3 is 1.52 bits per heavy atom. The maximum absolute atomic E-state index is 11.3. The van der Waals surface area contributed by atoms with Gasteiger partial charge in [0.05, 0.1) is 12.2 Å². The Morgan fingerprint density at radius 1 is 0.720 bits per heavy atom. The van der Waals surface area contributed by atoms with Crippen molar-refractivity contribution in [2.75, 3.05) is 0 Å². The van der Waals surface area contributed by atoms with Crippen molar-refractivity contribution >= 4 is 32.5 Å². The molecule has 2 fully saturated rings. The summed E-state index contributed by atoms with van der Waals surface area (Å²) in [6, 6.07) is 0. The van der Waals surface area contributed by atoms with Gasteiger partial charge < -0.3 is 0 Å². The molecule has 0 spiro atoms. The van der Waals surface area contributed by atoms with E-state index < -0.39 is 7.82 Å². The summed E-state index contributed by atoms with van der Waals surface area (Å²) in [5, 5.41) is 8.14. The minimum absolute atomic E-state index is 0.0671. The zero-order valence-corrected chi connectivity index (χ0v) is 16.1. The Balaban J connectivity index is 1.41. The quantitative estimate of drug-likeness (QED) is 0.155. The fourth-order valence-electron chi connectivity index (χ4n) is 2.60. The minimum Gasteiger partial charge on any atom is -0.299 e. The van der Waals surface area contributed by atoms with Gasteiger partial charge in [0.2, 0.25) is 0 Å². The standard InChI is InChI=1S/C12H23O10PS2/c13-23(14,19-17-21-24-15-11-7-3-1-4-8-11)20-18-22-25-16-12-9-5-2-6-10-12/h11-12H,1-10H2,(H,13,14). The lowest BCUT2D eigenvalue weighted by molar-refractivity contribution is -0.453. The molecule has 2 saturated carbocycles. The smallest absolute Gasteiger partial charge is 0.299 e. The van der Waals surface area contributed by atoms with E-state index in [1.54, 1.807) is 0 Å². The number of hydrogen-bond acceptors (Lipinski definition) is 11. The van der Waals surface area contributed by atoms with Gasteiger partial charge in [0.1, 0.15) is 0 Å². The molecule has 25 heavy (non-hydrogen) atoms. The van der Waals surface area contributed by atoms with E-state index in [2.05, 4.69) is 28.1 Å². The van der Waals surface area contributed by atoms with Crippen LogP contribution in [0.25, 0.3) is 0 Å². The van der Waals surface area contributed by atoms with Crippen LogP contribution in [0.15, 0.2) is 0 Å². The van der Waals surface area contributed by atoms with E-state index in [1.165, 1.54) is 12.8 Å². The lowest BCUT2D eigenvalue weighted by atomic mass is 9.98. The summed E-state index contributed by atoms with van der Waals surface area (Å²) in [6.45, 7) is 0. The Bertz CT molecular complexity index is 360. The molecule has 13 heteroatoms. The van der Waals surface area contributed by atoms with Crippen LogP contribution in [0.1, 0.15) is 64.2 Å². The van der Waals surface area contributed by atoms with Crippen LogP contribution in [-0.4, -0.2) is 17.1 Å². The number of hydrogen-bond donors (Lipinski definition) is 1. The highest BCUT2D eigenvalue weighted by atomic mass is 32.2. The Kier molecular flexibility index (Phi) is 11.3. The summed E-state index contributed by atoms with van der Waals surface area (Å²) < 4.78 is 38.8. The molecule has 1 N–H and O–H groups in total. The fourth-order valence-corrected chi connectivity index (χ4v) is 3.70. The topological polar surface area (TPSA) is 111 Å². The number of rotatable bonds is 12. The third kappa shape index (κ3) is 10.5. The lowest BCUT2D eigenvalue weighted by Gasteiger charge is -2.19. The Labute approximate surface area is 155 Å². The highest BCUT2D eigenvalue weighted by Gasteiger charge is 2.27. The Morgan fingerprint density at radius 2 is 1.12 bits per heavy atom. The predicted molar refractivity (Wildman–Crippen MR) is 87.4 cm³/mol. The van der Waals surface area contributed by atoms with Crippen molar-refractivity contribution in [3.8, 4) is 0 Å². The van der Waals surface area contributed by atoms with Gasteiger partial charge in [-0.2, -0.15) is 0 Å². The molecule has 0 aliphatic heterocycles. The fraction of sp³-hybridized carbons (Fsp3) is 1.00. The van der Waals surface area contributed by atoms with Crippen molar-refractivity contribution in [1.29, 1.82) is 0 Å². The Hall–Kier alpha value is 0.570. The lowest BCUT2D eigenvalue weighted by Crippen LogP contribution is -2.13. The van der Waals surface area contributed by atoms with Crippen LogP contribution in [-0.2, 0) is 41.0 Å². The van der Waals surface area contributed by atoms with Gasteiger partial charge in [-0.15, -0.1) is 8.67 Å². The predicted octanol–water partition coefficient (Wildman–Crippen LogP) is 4.67. The monoisotopic (exact) mass is 422 g/mol. The molecule has 0 atom stereocenters. The molecular formula is C12H23O10PS2. The van der Waals surface area contributed by atoms with Crippen LogP contribution in [0.4, 0.5) is 0 Å². The van der Waals surface area contributed by atoms with Crippen LogP contribution in [0.3, 0.4) is 0 Å². The van der Waals surface area contributed by atoms with Gasteiger partial charge in [0, 0.05) is 0 Å². The van der Waals surface area contributed by atoms with Crippen molar-refractivity contribution < 1.29 is 45.9 Å². The molecule has 10 nitrogen and oxygen atoms in total. The summed E-state index contributed by atoms with van der Waals surface area (Å²) in [6.07, 6.45) is 10.7. The van der Waals surface area contributed by atoms with Gasteiger partial charge in [0.15, 0.2) is 24.6 Å². The first-order chi connectivity index (χ1) is 12.2. The summed E-state index contributed by atoms with van der Waals surface area (Å²) in [7, 11) is -4.67. The second-order valence-electron chi connectivity index (χ2n) is 5.74. The van der Waals surface area contributed by atoms with Crippen LogP contribution in [0.2, 0.25) is 0 Å². The molecule has 2 aliphatic rings. The first kappa shape index (κ1) is 21.9. The van der Waals surface area contributed by atoms with Crippen molar-refractivity contribution in [1.82, 2.24) is 0 Å². The van der Waals surface area contributed by atoms with Crippen molar-refractivity contribution in [3.05, 3.63) is 0 Å². The molecule has 0 aromatic rings. The maximum atomic E-state index is 11.3. The summed E-state index contributed by atoms with van der Waals surface area (Å²) >= 11 is 1.03. The van der Waals surface area contributed by atoms with E-state index in [4.69, 9.17) is 8.37 Å². The number of phosphoric acid groups is 1. The van der Waals surface area contributed by atoms with Crippen LogP contribution in [0, 0.1) is 0 Å². The summed E-state index contributed by atoms with van der Waals surface area (Å²) in [4.78, 5) is 9.21. The molecule has 0 aromatic heterocycles. The van der Waals surface area contributed by atoms with Gasteiger partial charge in [-0.25, -0.2) is 4.57 Å². The normalized spacial score (nSPS) is 20.8. The molecule has 0 saturated heterocycles. The van der Waals surface area contributed by atoms with Crippen molar-refractivity contribution in [2.24, 2.45) is 0 Å². The van der Waals surface area contributed by atoms with Crippen LogP contribution < -0.4 is 0 Å². The van der Waals surface area contributed by atoms with Gasteiger partial charge >= 0.3 is 7.82 Å². The van der Waals surface area contributed by atoms with E-state index in [9.17, 15) is 9.46 Å². The van der Waals surface area contributed by atoms with E-state index in [0.29, 0.717) is 24.6 Å². The van der Waals surface area contributed by atoms with Gasteiger partial charge in [-0.3, -0.25) is 13.3 Å². The third-order valence-corrected chi connectivity index (χ3v) is 5.24. The van der Waals surface area contributed by atoms with Gasteiger partial charge in [-0.1, -0.05) is 47.9 Å². The molecule has 0 radical (unpaired) electrons. The van der Waals surface area contributed by atoms with E-state index in [1.807, 2.05) is 0 Å². The first-order valence-electron chi connectivity index (χ1n) is 8.19. The average Bonchev–Trinajstić information content (AvgIpc) is 2.63. The second kappa shape index (κ2) is 12.9. The molecule has 0 aromatic carbocycles. The van der Waals surface area contributed by atoms with Gasteiger partial charge in [-0.05, 0) is 35.8 Å². The molecule has 2 aliphatic carbocycles. The zero-order valence-electron chi connectivity index (χ0n) is 13.6. The van der Waals surface area contributed by atoms with Crippen LogP contribution in [0.5, 0.6) is 0 Å². The van der Waals surface area contributed by atoms with E-state index >= 15 is 0 Å². The third-order valence-electron chi connectivity index (χ3n) is 3.82. The van der Waals surface area contributed by atoms with Crippen LogP contribution >= 0.6 is 32.5 Å². The largest absolute Gasteiger partial charge is 0.531 e. The first-order valence-corrected chi connectivity index (χ1v) is 11.0. The van der Waals surface area contributed by atoms with Gasteiger partial charge in [0.25, 0.3) is 0 Å². The van der Waals surface area contributed by atoms with Crippen molar-refractivity contribution in [3.63, 3.8) is 0 Å². The molecule has 0 unspecified atom stereocenters. The van der Waals surface area contributed by atoms with Crippen molar-refractivity contribution in [2.45, 2.75) is 76.4 Å². The SMILES string of the molecule is O=P(O)(OOOSOC1CCCCC1)OOOSOC1CCCCC1. The highest BCUT2D eigenvalue weighted by Crippen LogP contribution is 2.44. The summed E-state index contributed by atoms with van der Waals surface area (Å²) in [5.74, 6) is 0. The highest BCUT2D eigenvalue weighted by molar-refractivity contribution is 7.89. The molecular weight excluding hydrogens is 399 g/mol. The maximum Gasteiger partial charge on any atom is 0.531 e.